The molecule has 0 unspecified atom stereocenters. The quantitative estimate of drug-likeness (QED) is 0.274. The van der Waals surface area contributed by atoms with Crippen molar-refractivity contribution >= 4 is 23.2 Å². The van der Waals surface area contributed by atoms with Crippen LogP contribution >= 0.6 is 0 Å². The number of hydrogen-bond acceptors (Lipinski definition) is 6. The summed E-state index contributed by atoms with van der Waals surface area (Å²) in [4.78, 5) is 30.5. The molecule has 2 amide bonds. The van der Waals surface area contributed by atoms with Gasteiger partial charge in [0.15, 0.2) is 12.8 Å². The molecule has 1 saturated heterocycles. The molecule has 0 aromatic heterocycles. The van der Waals surface area contributed by atoms with Crippen molar-refractivity contribution in [2.75, 3.05) is 30.6 Å². The number of rotatable bonds is 10. The van der Waals surface area contributed by atoms with Crippen molar-refractivity contribution in [3.05, 3.63) is 109 Å². The zero-order valence-corrected chi connectivity index (χ0v) is 21.6. The molecule has 1 aliphatic rings. The van der Waals surface area contributed by atoms with Crippen molar-refractivity contribution in [2.24, 2.45) is 0 Å². The predicted octanol–water partition coefficient (Wildman–Crippen LogP) is 4.94. The van der Waals surface area contributed by atoms with Gasteiger partial charge in [-0.05, 0) is 72.8 Å². The molecule has 1 heterocycles. The zero-order valence-electron chi connectivity index (χ0n) is 21.6. The molecule has 5 rings (SSSR count). The lowest BCUT2D eigenvalue weighted by Gasteiger charge is -2.50. The number of para-hydroxylation sites is 2. The summed E-state index contributed by atoms with van der Waals surface area (Å²) in [6.07, 6.45) is -1.73. The van der Waals surface area contributed by atoms with Crippen LogP contribution in [-0.2, 0) is 9.59 Å². The van der Waals surface area contributed by atoms with E-state index in [0.717, 1.165) is 0 Å². The summed E-state index contributed by atoms with van der Waals surface area (Å²) >= 11 is 0. The average Bonchev–Trinajstić information content (AvgIpc) is 3.00. The number of benzene rings is 4. The van der Waals surface area contributed by atoms with Crippen molar-refractivity contribution in [1.82, 2.24) is 0 Å². The topological polar surface area (TPSA) is 77.5 Å². The number of β-lactam (4-membered cyclic amide) rings is 1. The van der Waals surface area contributed by atoms with E-state index in [1.165, 1.54) is 0 Å². The van der Waals surface area contributed by atoms with E-state index in [9.17, 15) is 9.59 Å². The Kier molecular flexibility index (Phi) is 7.63. The molecule has 4 aromatic carbocycles. The highest BCUT2D eigenvalue weighted by Gasteiger charge is 2.55. The molecular weight excluding hydrogens is 496 g/mol. The largest absolute Gasteiger partial charge is 0.497 e. The smallest absolute Gasteiger partial charge is 0.274 e. The minimum Gasteiger partial charge on any atom is -0.497 e. The lowest BCUT2D eigenvalue weighted by Crippen LogP contribution is -2.75. The second-order valence-corrected chi connectivity index (χ2v) is 8.73. The summed E-state index contributed by atoms with van der Waals surface area (Å²) in [7, 11) is 3.15. The van der Waals surface area contributed by atoms with E-state index in [1.54, 1.807) is 96.8 Å². The number of carbonyl (C=O) groups excluding carboxylic acids is 2. The summed E-state index contributed by atoms with van der Waals surface area (Å²) in [6.45, 7) is -0.241. The third kappa shape index (κ3) is 5.50. The van der Waals surface area contributed by atoms with Gasteiger partial charge in [0, 0.05) is 11.4 Å². The van der Waals surface area contributed by atoms with Gasteiger partial charge in [0.1, 0.15) is 23.0 Å². The Hall–Kier alpha value is -4.98. The second kappa shape index (κ2) is 11.6. The van der Waals surface area contributed by atoms with Crippen LogP contribution in [0, 0.1) is 0 Å². The van der Waals surface area contributed by atoms with Gasteiger partial charge in [-0.2, -0.15) is 0 Å². The monoisotopic (exact) mass is 524 g/mol. The highest BCUT2D eigenvalue weighted by Crippen LogP contribution is 2.37. The van der Waals surface area contributed by atoms with Gasteiger partial charge in [0.2, 0.25) is 6.10 Å². The van der Waals surface area contributed by atoms with Gasteiger partial charge in [-0.1, -0.05) is 36.4 Å². The van der Waals surface area contributed by atoms with E-state index in [4.69, 9.17) is 18.9 Å². The van der Waals surface area contributed by atoms with E-state index in [2.05, 4.69) is 0 Å². The van der Waals surface area contributed by atoms with E-state index in [0.29, 0.717) is 34.4 Å². The summed E-state index contributed by atoms with van der Waals surface area (Å²) in [6, 6.07) is 32.3. The SMILES string of the molecule is COc1ccc(N(C(=O)COc2ccccc2)[C@H]2[C@H](Oc3ccccc3)C(=O)N2c2ccc(OC)cc2)cc1. The highest BCUT2D eigenvalue weighted by molar-refractivity contribution is 6.09. The molecule has 0 spiro atoms. The lowest BCUT2D eigenvalue weighted by molar-refractivity contribution is -0.136. The summed E-state index contributed by atoms with van der Waals surface area (Å²) in [5, 5.41) is 0. The first-order valence-corrected chi connectivity index (χ1v) is 12.4. The first-order chi connectivity index (χ1) is 19.1. The normalized spacial score (nSPS) is 16.2. The Balaban J connectivity index is 1.53. The summed E-state index contributed by atoms with van der Waals surface area (Å²) in [5.41, 5.74) is 1.17. The number of carbonyl (C=O) groups is 2. The number of nitrogens with zero attached hydrogens (tertiary/aromatic N) is 2. The third-order valence-corrected chi connectivity index (χ3v) is 6.36. The molecule has 2 atom stereocenters. The van der Waals surface area contributed by atoms with Crippen molar-refractivity contribution in [2.45, 2.75) is 12.3 Å². The number of ether oxygens (including phenoxy) is 4. The van der Waals surface area contributed by atoms with Gasteiger partial charge < -0.3 is 18.9 Å². The molecule has 1 aliphatic heterocycles. The van der Waals surface area contributed by atoms with Crippen molar-refractivity contribution in [3.63, 3.8) is 0 Å². The van der Waals surface area contributed by atoms with Crippen LogP contribution in [0.5, 0.6) is 23.0 Å². The molecule has 0 radical (unpaired) electrons. The molecule has 198 valence electrons. The molecule has 0 N–H and O–H groups in total. The van der Waals surface area contributed by atoms with E-state index in [1.807, 2.05) is 36.4 Å². The lowest BCUT2D eigenvalue weighted by atomic mass is 10.0. The summed E-state index contributed by atoms with van der Waals surface area (Å²) < 4.78 is 22.6. The Labute approximate surface area is 226 Å². The first-order valence-electron chi connectivity index (χ1n) is 12.4. The fourth-order valence-electron chi connectivity index (χ4n) is 4.40. The van der Waals surface area contributed by atoms with Crippen LogP contribution in [0.1, 0.15) is 0 Å². The molecule has 0 saturated carbocycles. The number of methoxy groups -OCH3 is 2. The maximum absolute atomic E-state index is 13.8. The van der Waals surface area contributed by atoms with Gasteiger partial charge in [-0.25, -0.2) is 0 Å². The molecule has 8 nitrogen and oxygen atoms in total. The molecule has 0 aliphatic carbocycles. The molecule has 8 heteroatoms. The summed E-state index contributed by atoms with van der Waals surface area (Å²) in [5.74, 6) is 1.76. The van der Waals surface area contributed by atoms with E-state index < -0.39 is 12.3 Å². The highest BCUT2D eigenvalue weighted by atomic mass is 16.5. The van der Waals surface area contributed by atoms with Gasteiger partial charge in [0.05, 0.1) is 14.2 Å². The standard InChI is InChI=1S/C31H28N2O6/c1-36-24-17-13-22(14-18-24)32(28(34)21-38-26-9-5-3-6-10-26)30-29(39-27-11-7-4-8-12-27)31(35)33(30)23-15-19-25(37-2)20-16-23/h3-20,29-30H,21H2,1-2H3/t29-,30+/m0/s1. The van der Waals surface area contributed by atoms with Gasteiger partial charge >= 0.3 is 0 Å². The Bertz CT molecular complexity index is 1390. The Morgan fingerprint density at radius 2 is 1.26 bits per heavy atom. The predicted molar refractivity (Wildman–Crippen MR) is 148 cm³/mol. The first kappa shape index (κ1) is 25.7. The Morgan fingerprint density at radius 1 is 0.718 bits per heavy atom. The maximum Gasteiger partial charge on any atom is 0.274 e. The minimum absolute atomic E-state index is 0.241. The third-order valence-electron chi connectivity index (χ3n) is 6.36. The van der Waals surface area contributed by atoms with Crippen LogP contribution in [0.25, 0.3) is 0 Å². The van der Waals surface area contributed by atoms with E-state index >= 15 is 0 Å². The van der Waals surface area contributed by atoms with Crippen LogP contribution in [-0.4, -0.2) is 44.9 Å². The van der Waals surface area contributed by atoms with Gasteiger partial charge in [-0.15, -0.1) is 0 Å². The van der Waals surface area contributed by atoms with Crippen LogP contribution in [0.15, 0.2) is 109 Å². The number of hydrogen-bond donors (Lipinski definition) is 0. The maximum atomic E-state index is 13.8. The molecule has 1 fully saturated rings. The second-order valence-electron chi connectivity index (χ2n) is 8.73. The molecule has 0 bridgehead atoms. The number of amides is 2. The minimum atomic E-state index is -0.947. The van der Waals surface area contributed by atoms with Crippen LogP contribution in [0.4, 0.5) is 11.4 Å². The van der Waals surface area contributed by atoms with Crippen molar-refractivity contribution in [3.8, 4) is 23.0 Å². The van der Waals surface area contributed by atoms with Gasteiger partial charge in [0.25, 0.3) is 11.8 Å². The fraction of sp³-hybridized carbons (Fsp3) is 0.161. The van der Waals surface area contributed by atoms with E-state index in [-0.39, 0.29) is 18.4 Å². The van der Waals surface area contributed by atoms with Crippen LogP contribution in [0.2, 0.25) is 0 Å². The molecule has 4 aromatic rings. The van der Waals surface area contributed by atoms with Crippen molar-refractivity contribution < 1.29 is 28.5 Å². The van der Waals surface area contributed by atoms with Gasteiger partial charge in [-0.3, -0.25) is 19.4 Å². The average molecular weight is 525 g/mol. The van der Waals surface area contributed by atoms with Crippen LogP contribution < -0.4 is 28.7 Å². The van der Waals surface area contributed by atoms with Crippen LogP contribution in [0.3, 0.4) is 0 Å². The zero-order chi connectivity index (χ0) is 27.2. The van der Waals surface area contributed by atoms with Crippen molar-refractivity contribution in [1.29, 1.82) is 0 Å². The Morgan fingerprint density at radius 3 is 1.82 bits per heavy atom. The fourth-order valence-corrected chi connectivity index (χ4v) is 4.40. The molecule has 39 heavy (non-hydrogen) atoms. The number of anilines is 2. The molecular formula is C31H28N2O6.